The van der Waals surface area contributed by atoms with Crippen molar-refractivity contribution in [1.29, 1.82) is 0 Å². The Balaban J connectivity index is 2.06. The lowest BCUT2D eigenvalue weighted by Crippen LogP contribution is -2.28. The van der Waals surface area contributed by atoms with E-state index in [1.807, 2.05) is 25.9 Å². The first-order valence-corrected chi connectivity index (χ1v) is 9.63. The van der Waals surface area contributed by atoms with Gasteiger partial charge in [0, 0.05) is 18.7 Å². The van der Waals surface area contributed by atoms with Crippen LogP contribution in [0.3, 0.4) is 0 Å². The van der Waals surface area contributed by atoms with Gasteiger partial charge in [-0.1, -0.05) is 0 Å². The van der Waals surface area contributed by atoms with E-state index in [0.29, 0.717) is 48.8 Å². The van der Waals surface area contributed by atoms with E-state index in [4.69, 9.17) is 9.47 Å². The lowest BCUT2D eigenvalue weighted by atomic mass is 10.1. The number of ether oxygens (including phenoxy) is 2. The van der Waals surface area contributed by atoms with Crippen LogP contribution in [0.15, 0.2) is 35.1 Å². The predicted octanol–water partition coefficient (Wildman–Crippen LogP) is 2.71. The van der Waals surface area contributed by atoms with Crippen LogP contribution in [0, 0.1) is 11.6 Å². The molecule has 0 unspecified atom stereocenters. The largest absolute Gasteiger partial charge is 0.472 e. The Morgan fingerprint density at radius 3 is 2.57 bits per heavy atom. The van der Waals surface area contributed by atoms with Gasteiger partial charge in [0.2, 0.25) is 0 Å². The minimum atomic E-state index is -0.967. The molecule has 1 aromatic carbocycles. The maximum Gasteiger partial charge on any atom is 0.315 e. The Kier molecular flexibility index (Phi) is 7.07. The number of benzene rings is 1. The van der Waals surface area contributed by atoms with Crippen molar-refractivity contribution >= 4 is 11.2 Å². The molecule has 0 saturated carbocycles. The molecule has 160 valence electrons. The smallest absolute Gasteiger partial charge is 0.315 e. The monoisotopic (exact) mass is 418 g/mol. The fraction of sp³-hybridized carbons (Fsp3) is 0.381. The van der Waals surface area contributed by atoms with Crippen LogP contribution in [0.5, 0.6) is 5.88 Å². The molecular formula is C21H24F2N4O3. The standard InChI is InChI=1S/C21H24F2N4O3/c1-4-29-11-10-27-19-18(25-20(21(27)28)30-12-9-26(2)3)8-7-17(24-19)14-5-6-15(22)16(23)13-14/h5-8,13H,4,9-12H2,1-3H3. The molecule has 2 heterocycles. The predicted molar refractivity (Wildman–Crippen MR) is 110 cm³/mol. The second-order valence-corrected chi connectivity index (χ2v) is 6.89. The normalized spacial score (nSPS) is 11.4. The van der Waals surface area contributed by atoms with E-state index < -0.39 is 17.2 Å². The number of aromatic nitrogens is 3. The third-order valence-corrected chi connectivity index (χ3v) is 4.42. The number of rotatable bonds is 9. The van der Waals surface area contributed by atoms with Crippen molar-refractivity contribution in [3.63, 3.8) is 0 Å². The summed E-state index contributed by atoms with van der Waals surface area (Å²) in [4.78, 5) is 23.7. The molecule has 0 aliphatic carbocycles. The molecule has 0 aliphatic rings. The van der Waals surface area contributed by atoms with Crippen LogP contribution in [-0.2, 0) is 11.3 Å². The average Bonchev–Trinajstić information content (AvgIpc) is 2.72. The van der Waals surface area contributed by atoms with Crippen LogP contribution in [-0.4, -0.2) is 59.9 Å². The highest BCUT2D eigenvalue weighted by Gasteiger charge is 2.15. The van der Waals surface area contributed by atoms with Crippen LogP contribution < -0.4 is 10.3 Å². The van der Waals surface area contributed by atoms with Crippen LogP contribution in [0.25, 0.3) is 22.4 Å². The summed E-state index contributed by atoms with van der Waals surface area (Å²) in [5, 5.41) is 0. The lowest BCUT2D eigenvalue weighted by molar-refractivity contribution is 0.138. The third-order valence-electron chi connectivity index (χ3n) is 4.42. The summed E-state index contributed by atoms with van der Waals surface area (Å²) < 4.78 is 39.3. The van der Waals surface area contributed by atoms with E-state index in [-0.39, 0.29) is 12.4 Å². The molecule has 9 heteroatoms. The van der Waals surface area contributed by atoms with E-state index in [1.165, 1.54) is 10.6 Å². The Bertz CT molecular complexity index is 1090. The molecule has 2 aromatic heterocycles. The van der Waals surface area contributed by atoms with Crippen molar-refractivity contribution in [2.75, 3.05) is 40.5 Å². The molecular weight excluding hydrogens is 394 g/mol. The molecule has 3 rings (SSSR count). The highest BCUT2D eigenvalue weighted by molar-refractivity contribution is 5.75. The van der Waals surface area contributed by atoms with Crippen LogP contribution in [0.2, 0.25) is 0 Å². The highest BCUT2D eigenvalue weighted by atomic mass is 19.2. The minimum Gasteiger partial charge on any atom is -0.472 e. The molecule has 0 N–H and O–H groups in total. The second kappa shape index (κ2) is 9.73. The van der Waals surface area contributed by atoms with Gasteiger partial charge >= 0.3 is 5.56 Å². The van der Waals surface area contributed by atoms with Gasteiger partial charge in [-0.25, -0.2) is 18.7 Å². The zero-order chi connectivity index (χ0) is 21.7. The first kappa shape index (κ1) is 21.8. The van der Waals surface area contributed by atoms with Gasteiger partial charge in [0.25, 0.3) is 5.88 Å². The molecule has 0 amide bonds. The zero-order valence-corrected chi connectivity index (χ0v) is 17.2. The first-order chi connectivity index (χ1) is 14.4. The third kappa shape index (κ3) is 4.98. The van der Waals surface area contributed by atoms with Crippen molar-refractivity contribution in [1.82, 2.24) is 19.4 Å². The molecule has 0 saturated heterocycles. The van der Waals surface area contributed by atoms with Crippen LogP contribution >= 0.6 is 0 Å². The Labute approximate surface area is 172 Å². The average molecular weight is 418 g/mol. The van der Waals surface area contributed by atoms with Crippen molar-refractivity contribution in [2.24, 2.45) is 0 Å². The fourth-order valence-corrected chi connectivity index (χ4v) is 2.84. The van der Waals surface area contributed by atoms with Gasteiger partial charge in [-0.15, -0.1) is 0 Å². The summed E-state index contributed by atoms with van der Waals surface area (Å²) >= 11 is 0. The molecule has 0 fully saturated rings. The second-order valence-electron chi connectivity index (χ2n) is 6.89. The first-order valence-electron chi connectivity index (χ1n) is 9.63. The molecule has 7 nitrogen and oxygen atoms in total. The quantitative estimate of drug-likeness (QED) is 0.498. The SMILES string of the molecule is CCOCCn1c(=O)c(OCCN(C)C)nc2ccc(-c3ccc(F)c(F)c3)nc21. The molecule has 30 heavy (non-hydrogen) atoms. The number of nitrogens with zero attached hydrogens (tertiary/aromatic N) is 4. The molecule has 0 bridgehead atoms. The minimum absolute atomic E-state index is 0.0109. The van der Waals surface area contributed by atoms with Gasteiger partial charge in [-0.2, -0.15) is 0 Å². The number of pyridine rings is 1. The van der Waals surface area contributed by atoms with E-state index >= 15 is 0 Å². The number of fused-ring (bicyclic) bond motifs is 1. The number of likely N-dealkylation sites (N-methyl/N-ethyl adjacent to an activating group) is 1. The van der Waals surface area contributed by atoms with Gasteiger partial charge in [0.15, 0.2) is 17.3 Å². The van der Waals surface area contributed by atoms with Crippen molar-refractivity contribution in [2.45, 2.75) is 13.5 Å². The Morgan fingerprint density at radius 2 is 1.87 bits per heavy atom. The highest BCUT2D eigenvalue weighted by Crippen LogP contribution is 2.22. The van der Waals surface area contributed by atoms with E-state index in [9.17, 15) is 13.6 Å². The van der Waals surface area contributed by atoms with Gasteiger partial charge in [-0.05, 0) is 51.4 Å². The van der Waals surface area contributed by atoms with E-state index in [0.717, 1.165) is 12.1 Å². The van der Waals surface area contributed by atoms with Gasteiger partial charge in [-0.3, -0.25) is 9.36 Å². The molecule has 0 spiro atoms. The molecule has 0 atom stereocenters. The maximum atomic E-state index is 13.6. The van der Waals surface area contributed by atoms with Crippen LogP contribution in [0.4, 0.5) is 8.78 Å². The summed E-state index contributed by atoms with van der Waals surface area (Å²) in [5.41, 5.74) is 1.15. The summed E-state index contributed by atoms with van der Waals surface area (Å²) in [6.07, 6.45) is 0. The summed E-state index contributed by atoms with van der Waals surface area (Å²) in [5.74, 6) is -1.91. The molecule has 3 aromatic rings. The topological polar surface area (TPSA) is 69.5 Å². The van der Waals surface area contributed by atoms with Crippen molar-refractivity contribution in [3.8, 4) is 17.1 Å². The van der Waals surface area contributed by atoms with Gasteiger partial charge in [0.1, 0.15) is 12.1 Å². The Hall–Kier alpha value is -2.91. The zero-order valence-electron chi connectivity index (χ0n) is 17.2. The lowest BCUT2D eigenvalue weighted by Gasteiger charge is -2.14. The molecule has 0 radical (unpaired) electrons. The number of hydrogen-bond acceptors (Lipinski definition) is 6. The van der Waals surface area contributed by atoms with E-state index in [1.54, 1.807) is 12.1 Å². The van der Waals surface area contributed by atoms with Crippen molar-refractivity contribution in [3.05, 3.63) is 52.3 Å². The summed E-state index contributed by atoms with van der Waals surface area (Å²) in [7, 11) is 3.81. The number of hydrogen-bond donors (Lipinski definition) is 0. The summed E-state index contributed by atoms with van der Waals surface area (Å²) in [6, 6.07) is 6.86. The van der Waals surface area contributed by atoms with Gasteiger partial charge in [0.05, 0.1) is 18.8 Å². The maximum absolute atomic E-state index is 13.6. The molecule has 0 aliphatic heterocycles. The fourth-order valence-electron chi connectivity index (χ4n) is 2.84. The summed E-state index contributed by atoms with van der Waals surface area (Å²) in [6.45, 7) is 3.88. The van der Waals surface area contributed by atoms with E-state index in [2.05, 4.69) is 9.97 Å². The van der Waals surface area contributed by atoms with Gasteiger partial charge < -0.3 is 14.4 Å². The van der Waals surface area contributed by atoms with Crippen molar-refractivity contribution < 1.29 is 18.3 Å². The van der Waals surface area contributed by atoms with Crippen LogP contribution in [0.1, 0.15) is 6.92 Å². The number of halogens is 2. The Morgan fingerprint density at radius 1 is 1.07 bits per heavy atom.